The third-order valence-corrected chi connectivity index (χ3v) is 6.38. The van der Waals surface area contributed by atoms with Crippen molar-refractivity contribution in [2.75, 3.05) is 32.1 Å². The number of carbonyl (C=O) groups is 2. The fourth-order valence-electron chi connectivity index (χ4n) is 3.77. The highest BCUT2D eigenvalue weighted by Crippen LogP contribution is 2.38. The summed E-state index contributed by atoms with van der Waals surface area (Å²) in [6.07, 6.45) is 1.25. The SMILES string of the molecule is CNc1cc(C(=O)N2CCOC(c3c(C(=O)NC(C)C)sc4ccccc34)C2)ccn1. The largest absolute Gasteiger partial charge is 0.373 e. The van der Waals surface area contributed by atoms with E-state index in [2.05, 4.69) is 15.6 Å². The molecule has 0 saturated carbocycles. The number of morpholine rings is 1. The van der Waals surface area contributed by atoms with Crippen molar-refractivity contribution in [1.82, 2.24) is 15.2 Å². The van der Waals surface area contributed by atoms with Crippen LogP contribution in [0.2, 0.25) is 0 Å². The maximum absolute atomic E-state index is 13.1. The molecular formula is C23H26N4O3S. The maximum atomic E-state index is 13.1. The van der Waals surface area contributed by atoms with Crippen LogP contribution in [-0.4, -0.2) is 54.5 Å². The fourth-order valence-corrected chi connectivity index (χ4v) is 4.93. The Morgan fingerprint density at radius 2 is 2.06 bits per heavy atom. The topological polar surface area (TPSA) is 83.6 Å². The highest BCUT2D eigenvalue weighted by molar-refractivity contribution is 7.21. The van der Waals surface area contributed by atoms with Gasteiger partial charge in [-0.15, -0.1) is 11.3 Å². The smallest absolute Gasteiger partial charge is 0.261 e. The number of hydrogen-bond donors (Lipinski definition) is 2. The number of amides is 2. The molecule has 3 heterocycles. The second-order valence-corrected chi connectivity index (χ2v) is 8.81. The molecular weight excluding hydrogens is 412 g/mol. The number of hydrogen-bond acceptors (Lipinski definition) is 6. The van der Waals surface area contributed by atoms with Gasteiger partial charge in [0, 0.05) is 41.7 Å². The number of anilines is 1. The Morgan fingerprint density at radius 1 is 1.26 bits per heavy atom. The first kappa shape index (κ1) is 21.3. The third-order valence-electron chi connectivity index (χ3n) is 5.20. The van der Waals surface area contributed by atoms with Crippen LogP contribution in [0.3, 0.4) is 0 Å². The molecule has 162 valence electrons. The number of pyridine rings is 1. The highest BCUT2D eigenvalue weighted by Gasteiger charge is 2.32. The summed E-state index contributed by atoms with van der Waals surface area (Å²) in [5, 5.41) is 6.96. The number of carbonyl (C=O) groups excluding carboxylic acids is 2. The van der Waals surface area contributed by atoms with Crippen LogP contribution in [0, 0.1) is 0 Å². The van der Waals surface area contributed by atoms with E-state index in [0.29, 0.717) is 36.0 Å². The van der Waals surface area contributed by atoms with Crippen molar-refractivity contribution < 1.29 is 14.3 Å². The third kappa shape index (κ3) is 4.40. The Balaban J connectivity index is 1.66. The molecule has 0 spiro atoms. The van der Waals surface area contributed by atoms with E-state index in [1.54, 1.807) is 30.3 Å². The minimum absolute atomic E-state index is 0.0315. The number of benzene rings is 1. The standard InChI is InChI=1S/C23H26N4O3S/c1-14(2)26-22(28)21-20(16-6-4-5-7-18(16)31-21)17-13-27(10-11-30-17)23(29)15-8-9-25-19(12-15)24-3/h4-9,12,14,17H,10-11,13H2,1-3H3,(H,24,25)(H,26,28). The molecule has 4 rings (SSSR count). The molecule has 3 aromatic rings. The van der Waals surface area contributed by atoms with E-state index in [1.807, 2.05) is 38.1 Å². The van der Waals surface area contributed by atoms with Crippen LogP contribution in [0.15, 0.2) is 42.6 Å². The molecule has 1 unspecified atom stereocenters. The van der Waals surface area contributed by atoms with E-state index >= 15 is 0 Å². The summed E-state index contributed by atoms with van der Waals surface area (Å²) >= 11 is 1.47. The lowest BCUT2D eigenvalue weighted by molar-refractivity contribution is -0.0222. The van der Waals surface area contributed by atoms with Gasteiger partial charge in [-0.1, -0.05) is 18.2 Å². The Hall–Kier alpha value is -2.97. The van der Waals surface area contributed by atoms with E-state index in [4.69, 9.17) is 4.74 Å². The zero-order valence-corrected chi connectivity index (χ0v) is 18.7. The summed E-state index contributed by atoms with van der Waals surface area (Å²) in [4.78, 5) is 32.7. The Labute approximate surface area is 185 Å². The Kier molecular flexibility index (Phi) is 6.20. The number of fused-ring (bicyclic) bond motifs is 1. The van der Waals surface area contributed by atoms with E-state index in [-0.39, 0.29) is 24.0 Å². The molecule has 2 aromatic heterocycles. The summed E-state index contributed by atoms with van der Waals surface area (Å²) in [6.45, 7) is 5.18. The number of nitrogens with zero attached hydrogens (tertiary/aromatic N) is 2. The number of rotatable bonds is 5. The van der Waals surface area contributed by atoms with Crippen molar-refractivity contribution in [3.8, 4) is 0 Å². The normalized spacial score (nSPS) is 16.5. The van der Waals surface area contributed by atoms with Crippen LogP contribution < -0.4 is 10.6 Å². The number of aromatic nitrogens is 1. The van der Waals surface area contributed by atoms with Gasteiger partial charge in [0.15, 0.2) is 0 Å². The molecule has 7 nitrogen and oxygen atoms in total. The van der Waals surface area contributed by atoms with Crippen LogP contribution in [0.25, 0.3) is 10.1 Å². The minimum Gasteiger partial charge on any atom is -0.373 e. The van der Waals surface area contributed by atoms with Crippen molar-refractivity contribution >= 4 is 39.1 Å². The van der Waals surface area contributed by atoms with Gasteiger partial charge in [-0.3, -0.25) is 9.59 Å². The summed E-state index contributed by atoms with van der Waals surface area (Å²) in [5.74, 6) is 0.470. The molecule has 2 amide bonds. The summed E-state index contributed by atoms with van der Waals surface area (Å²) in [7, 11) is 1.77. The first-order chi connectivity index (χ1) is 15.0. The Bertz CT molecular complexity index is 1110. The number of nitrogens with one attached hydrogen (secondary N) is 2. The zero-order valence-electron chi connectivity index (χ0n) is 17.8. The predicted octanol–water partition coefficient (Wildman–Crippen LogP) is 3.69. The zero-order chi connectivity index (χ0) is 22.0. The van der Waals surface area contributed by atoms with Crippen molar-refractivity contribution in [3.63, 3.8) is 0 Å². The van der Waals surface area contributed by atoms with E-state index in [0.717, 1.165) is 15.6 Å². The molecule has 1 saturated heterocycles. The number of ether oxygens (including phenoxy) is 1. The molecule has 1 fully saturated rings. The molecule has 0 radical (unpaired) electrons. The molecule has 1 aliphatic rings. The van der Waals surface area contributed by atoms with Gasteiger partial charge in [0.2, 0.25) is 0 Å². The number of thiophene rings is 1. The van der Waals surface area contributed by atoms with Gasteiger partial charge in [0.25, 0.3) is 11.8 Å². The highest BCUT2D eigenvalue weighted by atomic mass is 32.1. The monoisotopic (exact) mass is 438 g/mol. The van der Waals surface area contributed by atoms with Crippen molar-refractivity contribution in [2.24, 2.45) is 0 Å². The summed E-state index contributed by atoms with van der Waals surface area (Å²) in [6, 6.07) is 11.4. The van der Waals surface area contributed by atoms with E-state index in [1.165, 1.54) is 11.3 Å². The lowest BCUT2D eigenvalue weighted by atomic mass is 10.0. The summed E-state index contributed by atoms with van der Waals surface area (Å²) in [5.41, 5.74) is 1.44. The van der Waals surface area contributed by atoms with Gasteiger partial charge in [-0.05, 0) is 37.4 Å². The first-order valence-corrected chi connectivity index (χ1v) is 11.2. The molecule has 1 aromatic carbocycles. The molecule has 0 aliphatic carbocycles. The van der Waals surface area contributed by atoms with E-state index < -0.39 is 0 Å². The van der Waals surface area contributed by atoms with Gasteiger partial charge in [0.1, 0.15) is 11.9 Å². The molecule has 8 heteroatoms. The predicted molar refractivity (Wildman–Crippen MR) is 123 cm³/mol. The van der Waals surface area contributed by atoms with Gasteiger partial charge < -0.3 is 20.3 Å². The quantitative estimate of drug-likeness (QED) is 0.635. The lowest BCUT2D eigenvalue weighted by Gasteiger charge is -2.33. The fraction of sp³-hybridized carbons (Fsp3) is 0.348. The van der Waals surface area contributed by atoms with Crippen LogP contribution >= 0.6 is 11.3 Å². The lowest BCUT2D eigenvalue weighted by Crippen LogP contribution is -2.42. The van der Waals surface area contributed by atoms with Crippen molar-refractivity contribution in [1.29, 1.82) is 0 Å². The molecule has 2 N–H and O–H groups in total. The van der Waals surface area contributed by atoms with Gasteiger partial charge in [-0.25, -0.2) is 4.98 Å². The van der Waals surface area contributed by atoms with E-state index in [9.17, 15) is 9.59 Å². The maximum Gasteiger partial charge on any atom is 0.261 e. The molecule has 1 aliphatic heterocycles. The van der Waals surface area contributed by atoms with Gasteiger partial charge >= 0.3 is 0 Å². The molecule has 1 atom stereocenters. The van der Waals surface area contributed by atoms with Crippen LogP contribution in [0.4, 0.5) is 5.82 Å². The van der Waals surface area contributed by atoms with Gasteiger partial charge in [0.05, 0.1) is 18.0 Å². The van der Waals surface area contributed by atoms with Crippen LogP contribution in [0.1, 0.15) is 45.5 Å². The average Bonchev–Trinajstić information content (AvgIpc) is 3.18. The second kappa shape index (κ2) is 9.03. The van der Waals surface area contributed by atoms with Crippen molar-refractivity contribution in [2.45, 2.75) is 26.0 Å². The first-order valence-electron chi connectivity index (χ1n) is 10.3. The molecule has 31 heavy (non-hydrogen) atoms. The van der Waals surface area contributed by atoms with Crippen LogP contribution in [0.5, 0.6) is 0 Å². The average molecular weight is 439 g/mol. The van der Waals surface area contributed by atoms with Gasteiger partial charge in [-0.2, -0.15) is 0 Å². The second-order valence-electron chi connectivity index (χ2n) is 7.76. The molecule has 0 bridgehead atoms. The Morgan fingerprint density at radius 3 is 2.84 bits per heavy atom. The van der Waals surface area contributed by atoms with Crippen LogP contribution in [-0.2, 0) is 4.74 Å². The van der Waals surface area contributed by atoms with Crippen molar-refractivity contribution in [3.05, 3.63) is 58.6 Å². The minimum atomic E-state index is -0.368. The summed E-state index contributed by atoms with van der Waals surface area (Å²) < 4.78 is 7.13.